The van der Waals surface area contributed by atoms with E-state index in [4.69, 9.17) is 9.47 Å². The number of esters is 1. The Morgan fingerprint density at radius 3 is 2.48 bits per heavy atom. The summed E-state index contributed by atoms with van der Waals surface area (Å²) in [7, 11) is 1.42. The highest BCUT2D eigenvalue weighted by Crippen LogP contribution is 2.28. The molecular weight excluding hydrogens is 266 g/mol. The monoisotopic (exact) mass is 291 g/mol. The lowest BCUT2D eigenvalue weighted by atomic mass is 9.89. The van der Waals surface area contributed by atoms with Crippen LogP contribution in [0.4, 0.5) is 0 Å². The zero-order valence-electron chi connectivity index (χ0n) is 13.1. The minimum absolute atomic E-state index is 0.134. The van der Waals surface area contributed by atoms with Gasteiger partial charge in [-0.3, -0.25) is 5.32 Å². The maximum Gasteiger partial charge on any atom is 0.333 e. The first-order chi connectivity index (χ1) is 10.1. The Morgan fingerprint density at radius 1 is 1.33 bits per heavy atom. The first kappa shape index (κ1) is 16.0. The van der Waals surface area contributed by atoms with Crippen molar-refractivity contribution in [2.24, 2.45) is 0 Å². The van der Waals surface area contributed by atoms with Gasteiger partial charge in [0.15, 0.2) is 5.54 Å². The lowest BCUT2D eigenvalue weighted by Gasteiger charge is -2.37. The molecule has 0 amide bonds. The van der Waals surface area contributed by atoms with Crippen LogP contribution in [0.5, 0.6) is 0 Å². The standard InChI is InChI=1S/C17H25NO3/c1-13(2)18-17(16(19)20-3,12-21-15-10-7-11-15)14-8-5-4-6-9-14/h4-6,8-9,13,15,18H,7,10-12H2,1-3H3. The van der Waals surface area contributed by atoms with Crippen molar-refractivity contribution in [3.63, 3.8) is 0 Å². The van der Waals surface area contributed by atoms with Crippen LogP contribution in [-0.2, 0) is 19.8 Å². The van der Waals surface area contributed by atoms with Crippen LogP contribution in [-0.4, -0.2) is 31.8 Å². The minimum Gasteiger partial charge on any atom is -0.467 e. The summed E-state index contributed by atoms with van der Waals surface area (Å²) >= 11 is 0. The van der Waals surface area contributed by atoms with Gasteiger partial charge >= 0.3 is 5.97 Å². The van der Waals surface area contributed by atoms with Crippen molar-refractivity contribution < 1.29 is 14.3 Å². The predicted molar refractivity (Wildman–Crippen MR) is 82.0 cm³/mol. The molecule has 1 atom stereocenters. The molecule has 0 spiro atoms. The van der Waals surface area contributed by atoms with Crippen molar-refractivity contribution in [1.29, 1.82) is 0 Å². The zero-order valence-corrected chi connectivity index (χ0v) is 13.1. The molecule has 1 aliphatic carbocycles. The highest BCUT2D eigenvalue weighted by Gasteiger charge is 2.43. The zero-order chi connectivity index (χ0) is 15.3. The maximum absolute atomic E-state index is 12.5. The van der Waals surface area contributed by atoms with E-state index in [0.29, 0.717) is 6.61 Å². The molecule has 2 rings (SSSR count). The van der Waals surface area contributed by atoms with E-state index in [-0.39, 0.29) is 18.1 Å². The predicted octanol–water partition coefficient (Wildman–Crippen LogP) is 2.62. The Labute approximate surface area is 126 Å². The molecule has 1 aromatic rings. The molecule has 1 aromatic carbocycles. The van der Waals surface area contributed by atoms with Gasteiger partial charge in [0.1, 0.15) is 0 Å². The quantitative estimate of drug-likeness (QED) is 0.785. The van der Waals surface area contributed by atoms with Crippen molar-refractivity contribution in [2.45, 2.75) is 50.8 Å². The van der Waals surface area contributed by atoms with Crippen LogP contribution in [0.15, 0.2) is 30.3 Å². The number of carbonyl (C=O) groups is 1. The Balaban J connectivity index is 2.29. The molecule has 1 saturated carbocycles. The molecule has 21 heavy (non-hydrogen) atoms. The molecule has 0 aliphatic heterocycles. The van der Waals surface area contributed by atoms with Crippen LogP contribution >= 0.6 is 0 Å². The topological polar surface area (TPSA) is 47.6 Å². The van der Waals surface area contributed by atoms with Gasteiger partial charge in [0.2, 0.25) is 0 Å². The van der Waals surface area contributed by atoms with Crippen LogP contribution in [0.2, 0.25) is 0 Å². The minimum atomic E-state index is -0.945. The van der Waals surface area contributed by atoms with E-state index in [1.165, 1.54) is 13.5 Å². The van der Waals surface area contributed by atoms with Gasteiger partial charge in [0.05, 0.1) is 19.8 Å². The second-order valence-electron chi connectivity index (χ2n) is 5.93. The SMILES string of the molecule is COC(=O)C(COC1CCC1)(NC(C)C)c1ccccc1. The van der Waals surface area contributed by atoms with E-state index in [0.717, 1.165) is 18.4 Å². The number of ether oxygens (including phenoxy) is 2. The second kappa shape index (κ2) is 7.05. The van der Waals surface area contributed by atoms with Crippen molar-refractivity contribution in [2.75, 3.05) is 13.7 Å². The highest BCUT2D eigenvalue weighted by molar-refractivity contribution is 5.83. The second-order valence-corrected chi connectivity index (χ2v) is 5.93. The van der Waals surface area contributed by atoms with Gasteiger partial charge in [-0.1, -0.05) is 30.3 Å². The molecule has 1 fully saturated rings. The number of hydrogen-bond donors (Lipinski definition) is 1. The average Bonchev–Trinajstić information content (AvgIpc) is 2.44. The molecule has 1 unspecified atom stereocenters. The Morgan fingerprint density at radius 2 is 2.00 bits per heavy atom. The maximum atomic E-state index is 12.5. The Kier molecular flexibility index (Phi) is 5.37. The fourth-order valence-electron chi connectivity index (χ4n) is 2.61. The summed E-state index contributed by atoms with van der Waals surface area (Å²) in [5.41, 5.74) is -0.0652. The van der Waals surface area contributed by atoms with E-state index in [1.807, 2.05) is 44.2 Å². The Hall–Kier alpha value is -1.39. The molecule has 0 radical (unpaired) electrons. The van der Waals surface area contributed by atoms with Crippen LogP contribution in [0.1, 0.15) is 38.7 Å². The van der Waals surface area contributed by atoms with Crippen LogP contribution < -0.4 is 5.32 Å². The molecule has 116 valence electrons. The fourth-order valence-corrected chi connectivity index (χ4v) is 2.61. The van der Waals surface area contributed by atoms with Gasteiger partial charge in [-0.05, 0) is 38.7 Å². The Bertz CT molecular complexity index is 456. The van der Waals surface area contributed by atoms with Crippen molar-refractivity contribution in [3.05, 3.63) is 35.9 Å². The molecule has 0 saturated heterocycles. The number of carbonyl (C=O) groups excluding carboxylic acids is 1. The number of hydrogen-bond acceptors (Lipinski definition) is 4. The molecule has 4 nitrogen and oxygen atoms in total. The normalized spacial score (nSPS) is 18.1. The summed E-state index contributed by atoms with van der Waals surface area (Å²) < 4.78 is 11.0. The largest absolute Gasteiger partial charge is 0.467 e. The smallest absolute Gasteiger partial charge is 0.333 e. The summed E-state index contributed by atoms with van der Waals surface area (Å²) in [5, 5.41) is 3.36. The van der Waals surface area contributed by atoms with E-state index >= 15 is 0 Å². The summed E-state index contributed by atoms with van der Waals surface area (Å²) in [6.07, 6.45) is 3.63. The molecule has 0 bridgehead atoms. The molecular formula is C17H25NO3. The van der Waals surface area contributed by atoms with Gasteiger partial charge in [-0.25, -0.2) is 4.79 Å². The number of benzene rings is 1. The van der Waals surface area contributed by atoms with Crippen LogP contribution in [0.3, 0.4) is 0 Å². The summed E-state index contributed by atoms with van der Waals surface area (Å²) in [6.45, 7) is 4.33. The third kappa shape index (κ3) is 3.63. The van der Waals surface area contributed by atoms with Gasteiger partial charge < -0.3 is 9.47 Å². The summed E-state index contributed by atoms with van der Waals surface area (Å²) in [4.78, 5) is 12.5. The van der Waals surface area contributed by atoms with Crippen molar-refractivity contribution in [1.82, 2.24) is 5.32 Å². The van der Waals surface area contributed by atoms with Gasteiger partial charge in [-0.2, -0.15) is 0 Å². The van der Waals surface area contributed by atoms with Crippen LogP contribution in [0, 0.1) is 0 Å². The third-order valence-electron chi connectivity index (χ3n) is 3.92. The van der Waals surface area contributed by atoms with E-state index in [2.05, 4.69) is 5.32 Å². The molecule has 0 heterocycles. The first-order valence-corrected chi connectivity index (χ1v) is 7.61. The number of nitrogens with one attached hydrogen (secondary N) is 1. The van der Waals surface area contributed by atoms with Gasteiger partial charge in [0, 0.05) is 6.04 Å². The molecule has 0 aromatic heterocycles. The average molecular weight is 291 g/mol. The van der Waals surface area contributed by atoms with E-state index in [1.54, 1.807) is 0 Å². The lowest BCUT2D eigenvalue weighted by Crippen LogP contribution is -2.56. The van der Waals surface area contributed by atoms with E-state index in [9.17, 15) is 4.79 Å². The highest BCUT2D eigenvalue weighted by atomic mass is 16.5. The molecule has 4 heteroatoms. The molecule has 1 N–H and O–H groups in total. The van der Waals surface area contributed by atoms with E-state index < -0.39 is 5.54 Å². The number of rotatable bonds is 7. The molecule has 1 aliphatic rings. The van der Waals surface area contributed by atoms with Crippen molar-refractivity contribution >= 4 is 5.97 Å². The van der Waals surface area contributed by atoms with Gasteiger partial charge in [-0.15, -0.1) is 0 Å². The van der Waals surface area contributed by atoms with Crippen LogP contribution in [0.25, 0.3) is 0 Å². The summed E-state index contributed by atoms with van der Waals surface area (Å²) in [5.74, 6) is -0.304. The third-order valence-corrected chi connectivity index (χ3v) is 3.92. The first-order valence-electron chi connectivity index (χ1n) is 7.61. The van der Waals surface area contributed by atoms with Gasteiger partial charge in [0.25, 0.3) is 0 Å². The summed E-state index contributed by atoms with van der Waals surface area (Å²) in [6, 6.07) is 9.81. The number of methoxy groups -OCH3 is 1. The lowest BCUT2D eigenvalue weighted by molar-refractivity contribution is -0.155. The fraction of sp³-hybridized carbons (Fsp3) is 0.588. The van der Waals surface area contributed by atoms with Crippen molar-refractivity contribution in [3.8, 4) is 0 Å².